The molecular formula is C20H24N4O3. The van der Waals surface area contributed by atoms with Crippen LogP contribution in [0.15, 0.2) is 48.5 Å². The van der Waals surface area contributed by atoms with E-state index >= 15 is 0 Å². The highest BCUT2D eigenvalue weighted by Crippen LogP contribution is 2.28. The van der Waals surface area contributed by atoms with Gasteiger partial charge >= 0.3 is 0 Å². The van der Waals surface area contributed by atoms with Crippen LogP contribution in [-0.4, -0.2) is 39.5 Å². The number of anilines is 1. The van der Waals surface area contributed by atoms with Crippen LogP contribution in [0, 0.1) is 0 Å². The number of benzene rings is 2. The van der Waals surface area contributed by atoms with Gasteiger partial charge in [-0.3, -0.25) is 9.48 Å². The number of nitrogens with one attached hydrogen (secondary N) is 1. The molecule has 0 saturated carbocycles. The van der Waals surface area contributed by atoms with Gasteiger partial charge in [-0.15, -0.1) is 0 Å². The molecule has 1 atom stereocenters. The van der Waals surface area contributed by atoms with Crippen molar-refractivity contribution in [3.63, 3.8) is 0 Å². The molecular weight excluding hydrogens is 344 g/mol. The topological polar surface area (TPSA) is 102 Å². The first kappa shape index (κ1) is 18.9. The van der Waals surface area contributed by atoms with E-state index in [1.165, 1.54) is 0 Å². The van der Waals surface area contributed by atoms with Crippen LogP contribution in [0.2, 0.25) is 0 Å². The van der Waals surface area contributed by atoms with Crippen molar-refractivity contribution in [3.05, 3.63) is 54.1 Å². The Kier molecular flexibility index (Phi) is 5.73. The van der Waals surface area contributed by atoms with Gasteiger partial charge in [0.05, 0.1) is 24.8 Å². The monoisotopic (exact) mass is 368 g/mol. The number of aliphatic hydroxyl groups excluding tert-OH is 1. The van der Waals surface area contributed by atoms with E-state index in [1.54, 1.807) is 0 Å². The number of ether oxygens (including phenoxy) is 1. The van der Waals surface area contributed by atoms with Gasteiger partial charge in [0.25, 0.3) is 0 Å². The summed E-state index contributed by atoms with van der Waals surface area (Å²) in [5.41, 5.74) is 7.52. The number of nitrogens with two attached hydrogens (primary N) is 1. The van der Waals surface area contributed by atoms with E-state index in [9.17, 15) is 4.79 Å². The molecule has 0 aliphatic heterocycles. The largest absolute Gasteiger partial charge is 0.491 e. The highest BCUT2D eigenvalue weighted by atomic mass is 16.5. The summed E-state index contributed by atoms with van der Waals surface area (Å²) in [4.78, 5) is 12.1. The summed E-state index contributed by atoms with van der Waals surface area (Å²) in [6.45, 7) is 4.05. The van der Waals surface area contributed by atoms with Crippen LogP contribution < -0.4 is 15.8 Å². The molecule has 0 fully saturated rings. The zero-order valence-corrected chi connectivity index (χ0v) is 15.4. The Labute approximate surface area is 157 Å². The second kappa shape index (κ2) is 8.20. The zero-order chi connectivity index (χ0) is 19.4. The summed E-state index contributed by atoms with van der Waals surface area (Å²) in [6, 6.07) is 14.6. The number of carbonyl (C=O) groups is 1. The third kappa shape index (κ3) is 4.45. The number of carbonyl (C=O) groups excluding carboxylic acids is 1. The van der Waals surface area contributed by atoms with Crippen LogP contribution in [0.3, 0.4) is 0 Å². The van der Waals surface area contributed by atoms with Crippen molar-refractivity contribution >= 4 is 22.6 Å². The first-order chi connectivity index (χ1) is 13.0. The lowest BCUT2D eigenvalue weighted by atomic mass is 10.2. The molecule has 27 heavy (non-hydrogen) atoms. The Morgan fingerprint density at radius 3 is 2.67 bits per heavy atom. The second-order valence-electron chi connectivity index (χ2n) is 6.62. The van der Waals surface area contributed by atoms with Gasteiger partial charge in [0.2, 0.25) is 5.91 Å². The third-order valence-corrected chi connectivity index (χ3v) is 4.05. The fraction of sp³-hybridized carbons (Fsp3) is 0.300. The molecule has 3 rings (SSSR count). The van der Waals surface area contributed by atoms with Crippen molar-refractivity contribution in [1.82, 2.24) is 9.78 Å². The smallest absolute Gasteiger partial charge is 0.244 e. The fourth-order valence-electron chi connectivity index (χ4n) is 2.76. The molecule has 4 N–H and O–H groups in total. The molecule has 0 aliphatic rings. The Morgan fingerprint density at radius 1 is 1.26 bits per heavy atom. The van der Waals surface area contributed by atoms with Crippen LogP contribution in [0.25, 0.3) is 10.9 Å². The van der Waals surface area contributed by atoms with E-state index in [1.807, 2.05) is 67.1 Å². The number of nitrogens with zero attached hydrogens (tertiary/aromatic N) is 2. The number of amides is 1. The van der Waals surface area contributed by atoms with E-state index in [2.05, 4.69) is 10.4 Å². The van der Waals surface area contributed by atoms with Gasteiger partial charge in [0.15, 0.2) is 5.82 Å². The number of hydrogen-bond donors (Lipinski definition) is 3. The summed E-state index contributed by atoms with van der Waals surface area (Å²) in [7, 11) is 0. The van der Waals surface area contributed by atoms with Crippen LogP contribution >= 0.6 is 0 Å². The van der Waals surface area contributed by atoms with E-state index < -0.39 is 18.6 Å². The maximum Gasteiger partial charge on any atom is 0.244 e. The van der Waals surface area contributed by atoms with Crippen molar-refractivity contribution in [2.75, 3.05) is 11.9 Å². The molecule has 0 aliphatic carbocycles. The maximum absolute atomic E-state index is 12.1. The Bertz CT molecular complexity index is 922. The minimum Gasteiger partial charge on any atom is -0.491 e. The van der Waals surface area contributed by atoms with Gasteiger partial charge in [0, 0.05) is 11.5 Å². The Balaban J connectivity index is 2.01. The molecule has 2 aromatic carbocycles. The second-order valence-corrected chi connectivity index (χ2v) is 6.62. The SMILES string of the molecule is CC(C)Oc1ccc2c(NC(=O)[C@@H](N)CO)nn(Cc3ccccc3)c2c1. The first-order valence-electron chi connectivity index (χ1n) is 8.86. The van der Waals surface area contributed by atoms with Gasteiger partial charge in [-0.2, -0.15) is 5.10 Å². The fourth-order valence-corrected chi connectivity index (χ4v) is 2.76. The average Bonchev–Trinajstić information content (AvgIpc) is 2.98. The van der Waals surface area contributed by atoms with Gasteiger partial charge in [-0.25, -0.2) is 0 Å². The van der Waals surface area contributed by atoms with Crippen LogP contribution in [0.1, 0.15) is 19.4 Å². The number of hydrogen-bond acceptors (Lipinski definition) is 5. The molecule has 1 heterocycles. The van der Waals surface area contributed by atoms with Crippen molar-refractivity contribution in [2.45, 2.75) is 32.5 Å². The summed E-state index contributed by atoms with van der Waals surface area (Å²) in [6.07, 6.45) is 0.0506. The molecule has 1 amide bonds. The van der Waals surface area contributed by atoms with Crippen LogP contribution in [-0.2, 0) is 11.3 Å². The molecule has 0 bridgehead atoms. The van der Waals surface area contributed by atoms with E-state index in [0.29, 0.717) is 12.4 Å². The first-order valence-corrected chi connectivity index (χ1v) is 8.86. The Morgan fingerprint density at radius 2 is 2.00 bits per heavy atom. The molecule has 0 spiro atoms. The summed E-state index contributed by atoms with van der Waals surface area (Å²) in [5.74, 6) is 0.661. The van der Waals surface area contributed by atoms with Gasteiger partial charge in [-0.1, -0.05) is 30.3 Å². The normalized spacial score (nSPS) is 12.3. The van der Waals surface area contributed by atoms with Crippen LogP contribution in [0.5, 0.6) is 5.75 Å². The quantitative estimate of drug-likeness (QED) is 0.593. The minimum atomic E-state index is -0.997. The highest BCUT2D eigenvalue weighted by molar-refractivity contribution is 6.02. The molecule has 0 saturated heterocycles. The zero-order valence-electron chi connectivity index (χ0n) is 15.4. The van der Waals surface area contributed by atoms with E-state index in [-0.39, 0.29) is 6.10 Å². The van der Waals surface area contributed by atoms with Crippen molar-refractivity contribution < 1.29 is 14.6 Å². The summed E-state index contributed by atoms with van der Waals surface area (Å²) < 4.78 is 7.61. The molecule has 0 radical (unpaired) electrons. The van der Waals surface area contributed by atoms with Gasteiger partial charge in [-0.05, 0) is 31.5 Å². The standard InChI is InChI=1S/C20H24N4O3/c1-13(2)27-15-8-9-16-18(10-15)24(11-14-6-4-3-5-7-14)23-19(16)22-20(26)17(21)12-25/h3-10,13,17,25H,11-12,21H2,1-2H3,(H,22,23,26)/t17-/m0/s1. The Hall–Kier alpha value is -2.90. The molecule has 142 valence electrons. The molecule has 3 aromatic rings. The lowest BCUT2D eigenvalue weighted by molar-refractivity contribution is -0.118. The maximum atomic E-state index is 12.1. The third-order valence-electron chi connectivity index (χ3n) is 4.05. The predicted molar refractivity (Wildman–Crippen MR) is 105 cm³/mol. The van der Waals surface area contributed by atoms with Crippen molar-refractivity contribution in [2.24, 2.45) is 5.73 Å². The number of aromatic nitrogens is 2. The van der Waals surface area contributed by atoms with Crippen molar-refractivity contribution in [1.29, 1.82) is 0 Å². The van der Waals surface area contributed by atoms with Gasteiger partial charge < -0.3 is 20.9 Å². The average molecular weight is 368 g/mol. The summed E-state index contributed by atoms with van der Waals surface area (Å²) in [5, 5.41) is 17.1. The molecule has 1 aromatic heterocycles. The van der Waals surface area contributed by atoms with E-state index in [0.717, 1.165) is 22.2 Å². The molecule has 7 heteroatoms. The molecule has 0 unspecified atom stereocenters. The number of fused-ring (bicyclic) bond motifs is 1. The van der Waals surface area contributed by atoms with E-state index in [4.69, 9.17) is 15.6 Å². The van der Waals surface area contributed by atoms with Crippen LogP contribution in [0.4, 0.5) is 5.82 Å². The molecule has 7 nitrogen and oxygen atoms in total. The lowest BCUT2D eigenvalue weighted by Crippen LogP contribution is -2.38. The van der Waals surface area contributed by atoms with Crippen molar-refractivity contribution in [3.8, 4) is 5.75 Å². The lowest BCUT2D eigenvalue weighted by Gasteiger charge is -2.10. The minimum absolute atomic E-state index is 0.0506. The number of aliphatic hydroxyl groups is 1. The predicted octanol–water partition coefficient (Wildman–Crippen LogP) is 2.13. The number of rotatable bonds is 7. The summed E-state index contributed by atoms with van der Waals surface area (Å²) >= 11 is 0. The highest BCUT2D eigenvalue weighted by Gasteiger charge is 2.18. The van der Waals surface area contributed by atoms with Gasteiger partial charge in [0.1, 0.15) is 11.8 Å².